The SMILES string of the molecule is COC(=O)c1cc(Oc2ccc(NS(=O)(=O)c3ccc(C)cc3)c(C(=O)OC)c2)ccc1N. The maximum absolute atomic E-state index is 12.8. The van der Waals surface area contributed by atoms with Crippen LogP contribution in [-0.2, 0) is 19.5 Å². The minimum absolute atomic E-state index is 0.0160. The molecule has 3 aromatic rings. The lowest BCUT2D eigenvalue weighted by atomic mass is 10.1. The molecule has 10 heteroatoms. The summed E-state index contributed by atoms with van der Waals surface area (Å²) in [6, 6.07) is 14.9. The molecule has 0 heterocycles. The summed E-state index contributed by atoms with van der Waals surface area (Å²) in [7, 11) is -1.54. The van der Waals surface area contributed by atoms with Gasteiger partial charge in [0.05, 0.1) is 35.9 Å². The van der Waals surface area contributed by atoms with E-state index in [0.717, 1.165) is 5.56 Å². The highest BCUT2D eigenvalue weighted by atomic mass is 32.2. The van der Waals surface area contributed by atoms with E-state index in [1.165, 1.54) is 62.8 Å². The Labute approximate surface area is 191 Å². The van der Waals surface area contributed by atoms with Gasteiger partial charge in [-0.05, 0) is 55.5 Å². The van der Waals surface area contributed by atoms with E-state index in [0.29, 0.717) is 0 Å². The zero-order valence-corrected chi connectivity index (χ0v) is 18.9. The molecule has 9 nitrogen and oxygen atoms in total. The van der Waals surface area contributed by atoms with Crippen molar-refractivity contribution >= 4 is 33.3 Å². The number of nitrogen functional groups attached to an aromatic ring is 1. The first-order valence-corrected chi connectivity index (χ1v) is 11.1. The van der Waals surface area contributed by atoms with Gasteiger partial charge in [-0.3, -0.25) is 4.72 Å². The number of benzene rings is 3. The molecule has 3 N–H and O–H groups in total. The molecule has 0 aliphatic carbocycles. The summed E-state index contributed by atoms with van der Waals surface area (Å²) in [4.78, 5) is 24.2. The number of aryl methyl sites for hydroxylation is 1. The fourth-order valence-electron chi connectivity index (χ4n) is 2.90. The summed E-state index contributed by atoms with van der Waals surface area (Å²) >= 11 is 0. The van der Waals surface area contributed by atoms with Gasteiger partial charge < -0.3 is 19.9 Å². The van der Waals surface area contributed by atoms with Gasteiger partial charge in [-0.2, -0.15) is 0 Å². The van der Waals surface area contributed by atoms with E-state index in [2.05, 4.69) is 4.72 Å². The van der Waals surface area contributed by atoms with Crippen molar-refractivity contribution in [2.24, 2.45) is 0 Å². The number of nitrogens with two attached hydrogens (primary N) is 1. The lowest BCUT2D eigenvalue weighted by Crippen LogP contribution is -2.16. The number of anilines is 2. The van der Waals surface area contributed by atoms with Gasteiger partial charge in [-0.15, -0.1) is 0 Å². The monoisotopic (exact) mass is 470 g/mol. The first-order chi connectivity index (χ1) is 15.6. The Morgan fingerprint density at radius 3 is 1.97 bits per heavy atom. The van der Waals surface area contributed by atoms with Crippen LogP contribution in [0.1, 0.15) is 26.3 Å². The topological polar surface area (TPSA) is 134 Å². The number of carbonyl (C=O) groups excluding carboxylic acids is 2. The number of rotatable bonds is 7. The van der Waals surface area contributed by atoms with E-state index in [9.17, 15) is 18.0 Å². The molecule has 3 rings (SSSR count). The van der Waals surface area contributed by atoms with Crippen molar-refractivity contribution in [3.8, 4) is 11.5 Å². The molecule has 0 aliphatic heterocycles. The average molecular weight is 471 g/mol. The Kier molecular flexibility index (Phi) is 6.88. The van der Waals surface area contributed by atoms with Gasteiger partial charge in [0.25, 0.3) is 10.0 Å². The molecule has 0 bridgehead atoms. The Morgan fingerprint density at radius 1 is 0.818 bits per heavy atom. The Bertz CT molecular complexity index is 1300. The van der Waals surface area contributed by atoms with Crippen LogP contribution in [0.4, 0.5) is 11.4 Å². The maximum atomic E-state index is 12.8. The van der Waals surface area contributed by atoms with Crippen LogP contribution in [0.15, 0.2) is 65.6 Å². The number of hydrogen-bond acceptors (Lipinski definition) is 8. The van der Waals surface area contributed by atoms with Crippen LogP contribution < -0.4 is 15.2 Å². The molecule has 0 saturated carbocycles. The normalized spacial score (nSPS) is 10.9. The number of nitrogens with one attached hydrogen (secondary N) is 1. The third kappa shape index (κ3) is 5.42. The van der Waals surface area contributed by atoms with E-state index in [1.807, 2.05) is 6.92 Å². The van der Waals surface area contributed by atoms with Crippen molar-refractivity contribution in [1.82, 2.24) is 0 Å². The van der Waals surface area contributed by atoms with Crippen molar-refractivity contribution in [2.45, 2.75) is 11.8 Å². The van der Waals surface area contributed by atoms with Crippen LogP contribution >= 0.6 is 0 Å². The van der Waals surface area contributed by atoms with Crippen LogP contribution in [-0.4, -0.2) is 34.6 Å². The van der Waals surface area contributed by atoms with Gasteiger partial charge in [0.15, 0.2) is 0 Å². The summed E-state index contributed by atoms with van der Waals surface area (Å²) < 4.78 is 43.2. The van der Waals surface area contributed by atoms with Crippen LogP contribution in [0.25, 0.3) is 0 Å². The summed E-state index contributed by atoms with van der Waals surface area (Å²) in [5.74, 6) is -0.939. The molecule has 3 aromatic carbocycles. The quantitative estimate of drug-likeness (QED) is 0.394. The van der Waals surface area contributed by atoms with E-state index in [1.54, 1.807) is 12.1 Å². The predicted octanol–water partition coefficient (Wildman–Crippen LogP) is 3.74. The first-order valence-electron chi connectivity index (χ1n) is 9.62. The van der Waals surface area contributed by atoms with Crippen molar-refractivity contribution in [1.29, 1.82) is 0 Å². The first kappa shape index (κ1) is 23.6. The summed E-state index contributed by atoms with van der Waals surface area (Å²) in [5.41, 5.74) is 6.98. The number of sulfonamides is 1. The van der Waals surface area contributed by atoms with Gasteiger partial charge in [0.1, 0.15) is 11.5 Å². The lowest BCUT2D eigenvalue weighted by Gasteiger charge is -2.14. The molecule has 0 radical (unpaired) electrons. The molecule has 0 saturated heterocycles. The molecule has 0 aromatic heterocycles. The summed E-state index contributed by atoms with van der Waals surface area (Å²) in [6.07, 6.45) is 0. The minimum atomic E-state index is -3.95. The van der Waals surface area contributed by atoms with Gasteiger partial charge in [0.2, 0.25) is 0 Å². The molecule has 0 amide bonds. The summed E-state index contributed by atoms with van der Waals surface area (Å²) in [5, 5.41) is 0. The van der Waals surface area contributed by atoms with E-state index in [-0.39, 0.29) is 38.9 Å². The molecule has 33 heavy (non-hydrogen) atoms. The fraction of sp³-hybridized carbons (Fsp3) is 0.130. The number of carbonyl (C=O) groups is 2. The van der Waals surface area contributed by atoms with Crippen molar-refractivity contribution in [3.05, 3.63) is 77.4 Å². The highest BCUT2D eigenvalue weighted by Crippen LogP contribution is 2.30. The fourth-order valence-corrected chi connectivity index (χ4v) is 3.98. The molecular weight excluding hydrogens is 448 g/mol. The molecule has 0 fully saturated rings. The van der Waals surface area contributed by atoms with Crippen LogP contribution in [0.3, 0.4) is 0 Å². The van der Waals surface area contributed by atoms with Gasteiger partial charge in [-0.1, -0.05) is 17.7 Å². The third-order valence-electron chi connectivity index (χ3n) is 4.64. The zero-order chi connectivity index (χ0) is 24.2. The molecular formula is C23H22N2O7S. The third-order valence-corrected chi connectivity index (χ3v) is 6.02. The predicted molar refractivity (Wildman–Crippen MR) is 122 cm³/mol. The number of esters is 2. The number of hydrogen-bond donors (Lipinski definition) is 2. The second-order valence-corrected chi connectivity index (χ2v) is 8.64. The van der Waals surface area contributed by atoms with Gasteiger partial charge in [0, 0.05) is 5.69 Å². The van der Waals surface area contributed by atoms with Crippen molar-refractivity contribution in [2.75, 3.05) is 24.7 Å². The molecule has 0 atom stereocenters. The van der Waals surface area contributed by atoms with Crippen LogP contribution in [0, 0.1) is 6.92 Å². The van der Waals surface area contributed by atoms with Crippen molar-refractivity contribution < 1.29 is 32.2 Å². The molecule has 0 spiro atoms. The Hall–Kier alpha value is -4.05. The van der Waals surface area contributed by atoms with E-state index < -0.39 is 22.0 Å². The van der Waals surface area contributed by atoms with E-state index in [4.69, 9.17) is 19.9 Å². The molecule has 0 unspecified atom stereocenters. The highest BCUT2D eigenvalue weighted by molar-refractivity contribution is 7.92. The second kappa shape index (κ2) is 9.61. The van der Waals surface area contributed by atoms with Gasteiger partial charge in [-0.25, -0.2) is 18.0 Å². The van der Waals surface area contributed by atoms with Crippen molar-refractivity contribution in [3.63, 3.8) is 0 Å². The Balaban J connectivity index is 1.94. The number of methoxy groups -OCH3 is 2. The van der Waals surface area contributed by atoms with Crippen LogP contribution in [0.2, 0.25) is 0 Å². The Morgan fingerprint density at radius 2 is 1.36 bits per heavy atom. The largest absolute Gasteiger partial charge is 0.465 e. The average Bonchev–Trinajstić information content (AvgIpc) is 2.80. The maximum Gasteiger partial charge on any atom is 0.340 e. The van der Waals surface area contributed by atoms with E-state index >= 15 is 0 Å². The number of ether oxygens (including phenoxy) is 3. The zero-order valence-electron chi connectivity index (χ0n) is 18.1. The highest BCUT2D eigenvalue weighted by Gasteiger charge is 2.20. The van der Waals surface area contributed by atoms with Crippen LogP contribution in [0.5, 0.6) is 11.5 Å². The smallest absolute Gasteiger partial charge is 0.340 e. The second-order valence-electron chi connectivity index (χ2n) is 6.96. The van der Waals surface area contributed by atoms with Gasteiger partial charge >= 0.3 is 11.9 Å². The molecule has 0 aliphatic rings. The summed E-state index contributed by atoms with van der Waals surface area (Å²) in [6.45, 7) is 1.84. The lowest BCUT2D eigenvalue weighted by molar-refractivity contribution is 0.0593. The molecule has 172 valence electrons. The minimum Gasteiger partial charge on any atom is -0.465 e. The standard InChI is InChI=1S/C23H22N2O7S/c1-14-4-8-17(9-5-14)33(28,29)25-21-11-7-16(13-19(21)23(27)31-3)32-15-6-10-20(24)18(12-15)22(26)30-2/h4-13,25H,24H2,1-3H3.